The van der Waals surface area contributed by atoms with Gasteiger partial charge >= 0.3 is 0 Å². The normalized spacial score (nSPS) is 11.6. The van der Waals surface area contributed by atoms with Crippen LogP contribution in [0.4, 0.5) is 5.69 Å². The molecule has 3 rings (SSSR count). The predicted octanol–water partition coefficient (Wildman–Crippen LogP) is 4.66. The highest BCUT2D eigenvalue weighted by molar-refractivity contribution is 5.93. The summed E-state index contributed by atoms with van der Waals surface area (Å²) in [4.78, 5) is 12.3. The van der Waals surface area contributed by atoms with Crippen LogP contribution in [0.3, 0.4) is 0 Å². The maximum absolute atomic E-state index is 12.3. The molecule has 0 aliphatic heterocycles. The minimum absolute atomic E-state index is 0.0448. The van der Waals surface area contributed by atoms with E-state index in [2.05, 4.69) is 47.0 Å². The molecular weight excluding hydrogens is 364 g/mol. The van der Waals surface area contributed by atoms with Gasteiger partial charge in [0.1, 0.15) is 11.5 Å². The van der Waals surface area contributed by atoms with Crippen molar-refractivity contribution in [3.63, 3.8) is 0 Å². The van der Waals surface area contributed by atoms with Gasteiger partial charge in [-0.15, -0.1) is 0 Å². The fraction of sp³-hybridized carbons (Fsp3) is 0.208. The Morgan fingerprint density at radius 1 is 0.897 bits per heavy atom. The van der Waals surface area contributed by atoms with E-state index in [1.165, 1.54) is 11.1 Å². The lowest BCUT2D eigenvalue weighted by Crippen LogP contribution is -2.30. The van der Waals surface area contributed by atoms with Crippen molar-refractivity contribution in [3.8, 4) is 22.6 Å². The smallest absolute Gasteiger partial charge is 0.238 e. The van der Waals surface area contributed by atoms with Crippen molar-refractivity contribution in [2.75, 3.05) is 26.1 Å². The number of carbonyl (C=O) groups excluding carboxylic acids is 1. The molecule has 0 fully saturated rings. The minimum Gasteiger partial charge on any atom is -0.497 e. The lowest BCUT2D eigenvalue weighted by molar-refractivity contribution is -0.115. The molecule has 29 heavy (non-hydrogen) atoms. The van der Waals surface area contributed by atoms with Crippen LogP contribution < -0.4 is 20.1 Å². The van der Waals surface area contributed by atoms with Gasteiger partial charge in [-0.3, -0.25) is 4.79 Å². The Morgan fingerprint density at radius 3 is 2.24 bits per heavy atom. The molecule has 0 bridgehead atoms. The fourth-order valence-corrected chi connectivity index (χ4v) is 3.05. The number of ether oxygens (including phenoxy) is 2. The lowest BCUT2D eigenvalue weighted by atomic mass is 10.0. The Labute approximate surface area is 171 Å². The summed E-state index contributed by atoms with van der Waals surface area (Å²) in [5, 5.41) is 6.13. The van der Waals surface area contributed by atoms with Crippen molar-refractivity contribution in [1.82, 2.24) is 5.32 Å². The van der Waals surface area contributed by atoms with Gasteiger partial charge in [0.15, 0.2) is 0 Å². The number of methoxy groups -OCH3 is 2. The van der Waals surface area contributed by atoms with Crippen LogP contribution in [0.2, 0.25) is 0 Å². The first-order valence-corrected chi connectivity index (χ1v) is 9.51. The average Bonchev–Trinajstić information content (AvgIpc) is 2.78. The number of anilines is 1. The number of rotatable bonds is 8. The third-order valence-corrected chi connectivity index (χ3v) is 4.77. The van der Waals surface area contributed by atoms with E-state index >= 15 is 0 Å². The van der Waals surface area contributed by atoms with E-state index in [1.807, 2.05) is 25.1 Å². The molecule has 1 atom stereocenters. The van der Waals surface area contributed by atoms with Gasteiger partial charge < -0.3 is 20.1 Å². The van der Waals surface area contributed by atoms with Gasteiger partial charge in [0, 0.05) is 12.1 Å². The lowest BCUT2D eigenvalue weighted by Gasteiger charge is -2.16. The quantitative estimate of drug-likeness (QED) is 0.587. The van der Waals surface area contributed by atoms with Gasteiger partial charge in [-0.2, -0.15) is 0 Å². The third kappa shape index (κ3) is 5.36. The largest absolute Gasteiger partial charge is 0.497 e. The first-order valence-electron chi connectivity index (χ1n) is 9.51. The van der Waals surface area contributed by atoms with E-state index in [1.54, 1.807) is 32.4 Å². The summed E-state index contributed by atoms with van der Waals surface area (Å²) in [5.74, 6) is 1.09. The maximum Gasteiger partial charge on any atom is 0.238 e. The standard InChI is InChI=1S/C24H26N2O3/c1-17(18-9-11-20(12-10-18)19-7-5-4-6-8-19)25-16-24(27)26-22-14-13-21(28-2)15-23(22)29-3/h4-15,17,25H,16H2,1-3H3,(H,26,27). The molecule has 0 radical (unpaired) electrons. The number of hydrogen-bond acceptors (Lipinski definition) is 4. The predicted molar refractivity (Wildman–Crippen MR) is 116 cm³/mol. The Bertz CT molecular complexity index is 940. The second kappa shape index (κ2) is 9.75. The molecule has 150 valence electrons. The number of benzene rings is 3. The summed E-state index contributed by atoms with van der Waals surface area (Å²) in [6.45, 7) is 2.23. The summed E-state index contributed by atoms with van der Waals surface area (Å²) in [7, 11) is 3.15. The van der Waals surface area contributed by atoms with Crippen molar-refractivity contribution in [3.05, 3.63) is 78.4 Å². The molecule has 2 N–H and O–H groups in total. The molecular formula is C24H26N2O3. The number of nitrogens with one attached hydrogen (secondary N) is 2. The van der Waals surface area contributed by atoms with E-state index in [0.29, 0.717) is 17.2 Å². The topological polar surface area (TPSA) is 59.6 Å². The Hall–Kier alpha value is -3.31. The summed E-state index contributed by atoms with van der Waals surface area (Å²) in [6, 6.07) is 24.0. The molecule has 1 amide bonds. The number of hydrogen-bond donors (Lipinski definition) is 2. The zero-order valence-corrected chi connectivity index (χ0v) is 16.9. The van der Waals surface area contributed by atoms with Crippen LogP contribution in [0.1, 0.15) is 18.5 Å². The zero-order chi connectivity index (χ0) is 20.6. The molecule has 0 aromatic heterocycles. The first-order chi connectivity index (χ1) is 14.1. The van der Waals surface area contributed by atoms with Crippen molar-refractivity contribution in [2.45, 2.75) is 13.0 Å². The van der Waals surface area contributed by atoms with Crippen LogP contribution in [-0.2, 0) is 4.79 Å². The van der Waals surface area contributed by atoms with E-state index in [-0.39, 0.29) is 18.5 Å². The van der Waals surface area contributed by atoms with Crippen LogP contribution in [0, 0.1) is 0 Å². The van der Waals surface area contributed by atoms with Crippen LogP contribution in [0.25, 0.3) is 11.1 Å². The monoisotopic (exact) mass is 390 g/mol. The van der Waals surface area contributed by atoms with Crippen LogP contribution in [0.5, 0.6) is 11.5 Å². The second-order valence-electron chi connectivity index (χ2n) is 6.71. The van der Waals surface area contributed by atoms with Crippen molar-refractivity contribution < 1.29 is 14.3 Å². The highest BCUT2D eigenvalue weighted by Crippen LogP contribution is 2.29. The molecule has 0 saturated carbocycles. The van der Waals surface area contributed by atoms with Crippen LogP contribution in [-0.4, -0.2) is 26.7 Å². The van der Waals surface area contributed by atoms with Crippen molar-refractivity contribution >= 4 is 11.6 Å². The molecule has 1 unspecified atom stereocenters. The fourth-order valence-electron chi connectivity index (χ4n) is 3.05. The van der Waals surface area contributed by atoms with Crippen LogP contribution in [0.15, 0.2) is 72.8 Å². The first kappa shape index (κ1) is 20.4. The third-order valence-electron chi connectivity index (χ3n) is 4.77. The molecule has 0 aliphatic rings. The van der Waals surface area contributed by atoms with E-state index in [9.17, 15) is 4.79 Å². The molecule has 0 aliphatic carbocycles. The SMILES string of the molecule is COc1ccc(NC(=O)CNC(C)c2ccc(-c3ccccc3)cc2)c(OC)c1. The molecule has 5 nitrogen and oxygen atoms in total. The summed E-state index contributed by atoms with van der Waals surface area (Å²) in [6.07, 6.45) is 0. The zero-order valence-electron chi connectivity index (χ0n) is 16.9. The average molecular weight is 390 g/mol. The van der Waals surface area contributed by atoms with E-state index < -0.39 is 0 Å². The summed E-state index contributed by atoms with van der Waals surface area (Å²) in [5.41, 5.74) is 4.10. The van der Waals surface area contributed by atoms with Gasteiger partial charge in [0.2, 0.25) is 5.91 Å². The molecule has 3 aromatic rings. The molecule has 5 heteroatoms. The van der Waals surface area contributed by atoms with E-state index in [0.717, 1.165) is 5.56 Å². The van der Waals surface area contributed by atoms with Gasteiger partial charge in [0.05, 0.1) is 26.5 Å². The van der Waals surface area contributed by atoms with Gasteiger partial charge in [-0.25, -0.2) is 0 Å². The molecule has 3 aromatic carbocycles. The highest BCUT2D eigenvalue weighted by Gasteiger charge is 2.11. The van der Waals surface area contributed by atoms with E-state index in [4.69, 9.17) is 9.47 Å². The van der Waals surface area contributed by atoms with Gasteiger partial charge in [-0.1, -0.05) is 54.6 Å². The van der Waals surface area contributed by atoms with Gasteiger partial charge in [-0.05, 0) is 35.7 Å². The maximum atomic E-state index is 12.3. The van der Waals surface area contributed by atoms with Gasteiger partial charge in [0.25, 0.3) is 0 Å². The number of carbonyl (C=O) groups is 1. The molecule has 0 saturated heterocycles. The van der Waals surface area contributed by atoms with Crippen LogP contribution >= 0.6 is 0 Å². The Balaban J connectivity index is 1.56. The molecule has 0 heterocycles. The van der Waals surface area contributed by atoms with Crippen molar-refractivity contribution in [1.29, 1.82) is 0 Å². The minimum atomic E-state index is -0.138. The Morgan fingerprint density at radius 2 is 1.59 bits per heavy atom. The molecule has 0 spiro atoms. The number of amides is 1. The highest BCUT2D eigenvalue weighted by atomic mass is 16.5. The Kier molecular flexibility index (Phi) is 6.87. The van der Waals surface area contributed by atoms with Crippen molar-refractivity contribution in [2.24, 2.45) is 0 Å². The second-order valence-corrected chi connectivity index (χ2v) is 6.71. The summed E-state index contributed by atoms with van der Waals surface area (Å²) >= 11 is 0. The summed E-state index contributed by atoms with van der Waals surface area (Å²) < 4.78 is 10.5.